The normalized spacial score (nSPS) is 12.3. The highest BCUT2D eigenvalue weighted by molar-refractivity contribution is 7.99. The summed E-state index contributed by atoms with van der Waals surface area (Å²) in [7, 11) is 0. The molecule has 1 atom stereocenters. The van der Waals surface area contributed by atoms with E-state index in [9.17, 15) is 9.18 Å². The van der Waals surface area contributed by atoms with Gasteiger partial charge in [-0.1, -0.05) is 23.9 Å². The highest BCUT2D eigenvalue weighted by atomic mass is 32.2. The minimum atomic E-state index is -0.908. The topological polar surface area (TPSA) is 68.0 Å². The van der Waals surface area contributed by atoms with Crippen molar-refractivity contribution in [2.24, 2.45) is 0 Å². The third kappa shape index (κ3) is 3.31. The van der Waals surface area contributed by atoms with E-state index in [1.54, 1.807) is 16.7 Å². The first-order valence-corrected chi connectivity index (χ1v) is 6.56. The highest BCUT2D eigenvalue weighted by Crippen LogP contribution is 2.24. The number of aliphatic carboxylic acids is 1. The SMILES string of the molecule is CC(c1ccc(F)cc1)n1cnnc1SCC(=O)O. The Morgan fingerprint density at radius 2 is 2.16 bits per heavy atom. The van der Waals surface area contributed by atoms with Gasteiger partial charge >= 0.3 is 5.97 Å². The standard InChI is InChI=1S/C12H12FN3O2S/c1-8(9-2-4-10(13)5-3-9)16-7-14-15-12(16)19-6-11(17)18/h2-5,7-8H,6H2,1H3,(H,17,18). The molecule has 5 nitrogen and oxygen atoms in total. The second-order valence-corrected chi connectivity index (χ2v) is 4.87. The number of halogens is 1. The second-order valence-electron chi connectivity index (χ2n) is 3.93. The maximum absolute atomic E-state index is 12.9. The molecule has 0 spiro atoms. The number of thioether (sulfide) groups is 1. The van der Waals surface area contributed by atoms with Gasteiger partial charge in [0.05, 0.1) is 11.8 Å². The van der Waals surface area contributed by atoms with Crippen LogP contribution < -0.4 is 0 Å². The molecule has 0 bridgehead atoms. The Bertz CT molecular complexity index is 571. The number of carbonyl (C=O) groups is 1. The molecule has 0 saturated heterocycles. The molecule has 1 N–H and O–H groups in total. The van der Waals surface area contributed by atoms with E-state index in [0.29, 0.717) is 5.16 Å². The number of hydrogen-bond acceptors (Lipinski definition) is 4. The number of benzene rings is 1. The van der Waals surface area contributed by atoms with Crippen LogP contribution >= 0.6 is 11.8 Å². The zero-order valence-electron chi connectivity index (χ0n) is 10.2. The lowest BCUT2D eigenvalue weighted by molar-refractivity contribution is -0.133. The summed E-state index contributed by atoms with van der Waals surface area (Å²) in [6.45, 7) is 1.92. The Hall–Kier alpha value is -1.89. The van der Waals surface area contributed by atoms with Crippen LogP contribution in [0.15, 0.2) is 35.7 Å². The van der Waals surface area contributed by atoms with Crippen LogP contribution in [0, 0.1) is 5.82 Å². The van der Waals surface area contributed by atoms with Crippen LogP contribution in [0.1, 0.15) is 18.5 Å². The monoisotopic (exact) mass is 281 g/mol. The van der Waals surface area contributed by atoms with Gasteiger partial charge in [0.1, 0.15) is 12.1 Å². The maximum atomic E-state index is 12.9. The van der Waals surface area contributed by atoms with Crippen molar-refractivity contribution >= 4 is 17.7 Å². The van der Waals surface area contributed by atoms with E-state index in [2.05, 4.69) is 10.2 Å². The van der Waals surface area contributed by atoms with Gasteiger partial charge in [-0.05, 0) is 24.6 Å². The van der Waals surface area contributed by atoms with E-state index in [1.165, 1.54) is 18.5 Å². The van der Waals surface area contributed by atoms with Gasteiger partial charge in [0, 0.05) is 0 Å². The van der Waals surface area contributed by atoms with Crippen molar-refractivity contribution in [2.45, 2.75) is 18.1 Å². The fourth-order valence-electron chi connectivity index (χ4n) is 1.63. The van der Waals surface area contributed by atoms with Gasteiger partial charge in [-0.25, -0.2) is 4.39 Å². The molecular weight excluding hydrogens is 269 g/mol. The predicted molar refractivity (Wildman–Crippen MR) is 68.6 cm³/mol. The van der Waals surface area contributed by atoms with Crippen molar-refractivity contribution in [3.63, 3.8) is 0 Å². The van der Waals surface area contributed by atoms with Crippen LogP contribution in [-0.2, 0) is 4.79 Å². The molecule has 2 aromatic rings. The van der Waals surface area contributed by atoms with Gasteiger partial charge in [-0.2, -0.15) is 0 Å². The molecular formula is C12H12FN3O2S. The van der Waals surface area contributed by atoms with Crippen molar-refractivity contribution < 1.29 is 14.3 Å². The van der Waals surface area contributed by atoms with Crippen molar-refractivity contribution in [3.8, 4) is 0 Å². The average molecular weight is 281 g/mol. The Kier molecular flexibility index (Phi) is 4.16. The molecule has 0 aliphatic heterocycles. The van der Waals surface area contributed by atoms with Crippen molar-refractivity contribution in [1.82, 2.24) is 14.8 Å². The molecule has 0 aliphatic carbocycles. The molecule has 19 heavy (non-hydrogen) atoms. The summed E-state index contributed by atoms with van der Waals surface area (Å²) in [6, 6.07) is 6.06. The van der Waals surface area contributed by atoms with Crippen LogP contribution in [0.2, 0.25) is 0 Å². The summed E-state index contributed by atoms with van der Waals surface area (Å²) in [6.07, 6.45) is 1.54. The number of nitrogens with zero attached hydrogens (tertiary/aromatic N) is 3. The summed E-state index contributed by atoms with van der Waals surface area (Å²) < 4.78 is 14.6. The van der Waals surface area contributed by atoms with Gasteiger partial charge in [-0.3, -0.25) is 4.79 Å². The van der Waals surface area contributed by atoms with E-state index in [4.69, 9.17) is 5.11 Å². The molecule has 7 heteroatoms. The molecule has 0 aliphatic rings. The van der Waals surface area contributed by atoms with Crippen molar-refractivity contribution in [2.75, 3.05) is 5.75 Å². The summed E-state index contributed by atoms with van der Waals surface area (Å²) >= 11 is 1.10. The number of hydrogen-bond donors (Lipinski definition) is 1. The molecule has 1 aromatic carbocycles. The fraction of sp³-hybridized carbons (Fsp3) is 0.250. The van der Waals surface area contributed by atoms with E-state index in [1.807, 2.05) is 6.92 Å². The molecule has 100 valence electrons. The van der Waals surface area contributed by atoms with Crippen LogP contribution in [0.5, 0.6) is 0 Å². The van der Waals surface area contributed by atoms with Crippen molar-refractivity contribution in [3.05, 3.63) is 42.0 Å². The molecule has 0 saturated carbocycles. The van der Waals surface area contributed by atoms with Crippen LogP contribution in [-0.4, -0.2) is 31.6 Å². The number of aromatic nitrogens is 3. The molecule has 0 amide bonds. The molecule has 2 rings (SSSR count). The van der Waals surface area contributed by atoms with E-state index < -0.39 is 5.97 Å². The lowest BCUT2D eigenvalue weighted by Crippen LogP contribution is -2.08. The Balaban J connectivity index is 2.19. The summed E-state index contributed by atoms with van der Waals surface area (Å²) in [4.78, 5) is 10.6. The van der Waals surface area contributed by atoms with E-state index in [-0.39, 0.29) is 17.6 Å². The quantitative estimate of drug-likeness (QED) is 0.851. The number of carboxylic acids is 1. The lowest BCUT2D eigenvalue weighted by Gasteiger charge is -2.15. The Morgan fingerprint density at radius 3 is 2.79 bits per heavy atom. The molecule has 1 aromatic heterocycles. The number of carboxylic acid groups (broad SMARTS) is 1. The Morgan fingerprint density at radius 1 is 1.47 bits per heavy atom. The van der Waals surface area contributed by atoms with Gasteiger partial charge in [-0.15, -0.1) is 10.2 Å². The molecule has 0 radical (unpaired) electrons. The zero-order chi connectivity index (χ0) is 13.8. The zero-order valence-corrected chi connectivity index (χ0v) is 11.0. The molecule has 1 heterocycles. The first kappa shape index (κ1) is 13.5. The largest absolute Gasteiger partial charge is 0.481 e. The van der Waals surface area contributed by atoms with E-state index >= 15 is 0 Å². The average Bonchev–Trinajstić information content (AvgIpc) is 2.84. The van der Waals surface area contributed by atoms with Crippen LogP contribution in [0.3, 0.4) is 0 Å². The predicted octanol–water partition coefficient (Wildman–Crippen LogP) is 2.20. The summed E-state index contributed by atoms with van der Waals surface area (Å²) in [5.41, 5.74) is 0.901. The first-order valence-electron chi connectivity index (χ1n) is 5.57. The number of rotatable bonds is 5. The lowest BCUT2D eigenvalue weighted by atomic mass is 10.1. The van der Waals surface area contributed by atoms with Crippen LogP contribution in [0.25, 0.3) is 0 Å². The minimum Gasteiger partial charge on any atom is -0.481 e. The maximum Gasteiger partial charge on any atom is 0.313 e. The highest BCUT2D eigenvalue weighted by Gasteiger charge is 2.14. The van der Waals surface area contributed by atoms with E-state index in [0.717, 1.165) is 17.3 Å². The van der Waals surface area contributed by atoms with Gasteiger partial charge in [0.25, 0.3) is 0 Å². The third-order valence-corrected chi connectivity index (χ3v) is 3.58. The fourth-order valence-corrected chi connectivity index (χ4v) is 2.34. The summed E-state index contributed by atoms with van der Waals surface area (Å²) in [5, 5.41) is 16.9. The van der Waals surface area contributed by atoms with Gasteiger partial charge < -0.3 is 9.67 Å². The Labute approximate surface area is 113 Å². The second kappa shape index (κ2) is 5.83. The molecule has 1 unspecified atom stereocenters. The van der Waals surface area contributed by atoms with Gasteiger partial charge in [0.15, 0.2) is 5.16 Å². The minimum absolute atomic E-state index is 0.0746. The smallest absolute Gasteiger partial charge is 0.313 e. The molecule has 0 fully saturated rings. The summed E-state index contributed by atoms with van der Waals surface area (Å²) in [5.74, 6) is -1.27. The third-order valence-electron chi connectivity index (χ3n) is 2.63. The van der Waals surface area contributed by atoms with Gasteiger partial charge in [0.2, 0.25) is 0 Å². The van der Waals surface area contributed by atoms with Crippen molar-refractivity contribution in [1.29, 1.82) is 0 Å². The first-order chi connectivity index (χ1) is 9.08. The van der Waals surface area contributed by atoms with Crippen LogP contribution in [0.4, 0.5) is 4.39 Å².